The number of carbonyl (C=O) groups is 1. The van der Waals surface area contributed by atoms with E-state index in [4.69, 9.17) is 15.2 Å². The van der Waals surface area contributed by atoms with Crippen molar-refractivity contribution in [1.29, 1.82) is 0 Å². The highest BCUT2D eigenvalue weighted by molar-refractivity contribution is 5.97. The first kappa shape index (κ1) is 13.1. The van der Waals surface area contributed by atoms with E-state index in [1.807, 2.05) is 13.1 Å². The summed E-state index contributed by atoms with van der Waals surface area (Å²) < 4.78 is 11.0. The Bertz CT molecular complexity index is 527. The molecule has 3 N–H and O–H groups in total. The molecule has 1 aromatic carbocycles. The highest BCUT2D eigenvalue weighted by atomic mass is 16.5. The molecule has 0 radical (unpaired) electrons. The molecule has 1 saturated heterocycles. The lowest BCUT2D eigenvalue weighted by atomic mass is 10.1. The Kier molecular flexibility index (Phi) is 3.40. The van der Waals surface area contributed by atoms with Gasteiger partial charge in [-0.3, -0.25) is 4.79 Å². The summed E-state index contributed by atoms with van der Waals surface area (Å²) >= 11 is 0. The summed E-state index contributed by atoms with van der Waals surface area (Å²) in [6.45, 7) is 1.66. The van der Waals surface area contributed by atoms with Crippen LogP contribution in [0, 0.1) is 0 Å². The number of likely N-dealkylation sites (N-methyl/N-ethyl adjacent to an activating group) is 1. The molecular formula is C14H19N3O3. The molecule has 1 aromatic rings. The molecule has 0 saturated carbocycles. The number of nitrogens with two attached hydrogens (primary N) is 1. The van der Waals surface area contributed by atoms with E-state index in [1.165, 1.54) is 0 Å². The van der Waals surface area contributed by atoms with Gasteiger partial charge in [0.1, 0.15) is 5.75 Å². The maximum atomic E-state index is 11.4. The number of carbonyl (C=O) groups excluding carboxylic acids is 1. The van der Waals surface area contributed by atoms with Gasteiger partial charge in [0, 0.05) is 26.3 Å². The first-order valence-corrected chi connectivity index (χ1v) is 6.82. The van der Waals surface area contributed by atoms with Gasteiger partial charge in [0.25, 0.3) is 5.91 Å². The van der Waals surface area contributed by atoms with Crippen molar-refractivity contribution in [2.45, 2.75) is 18.9 Å². The summed E-state index contributed by atoms with van der Waals surface area (Å²) in [6.07, 6.45) is 2.44. The van der Waals surface area contributed by atoms with Gasteiger partial charge in [0.05, 0.1) is 23.2 Å². The van der Waals surface area contributed by atoms with Crippen LogP contribution in [-0.4, -0.2) is 38.8 Å². The zero-order valence-electron chi connectivity index (χ0n) is 11.5. The number of rotatable bonds is 3. The number of nitrogens with zero attached hydrogens (tertiary/aromatic N) is 1. The maximum Gasteiger partial charge on any atom is 0.262 e. The zero-order chi connectivity index (χ0) is 14.1. The minimum absolute atomic E-state index is 0.0392. The van der Waals surface area contributed by atoms with E-state index in [0.717, 1.165) is 31.7 Å². The van der Waals surface area contributed by atoms with E-state index in [1.54, 1.807) is 6.07 Å². The molecule has 6 heteroatoms. The third kappa shape index (κ3) is 2.51. The average Bonchev–Trinajstić information content (AvgIpc) is 2.91. The van der Waals surface area contributed by atoms with Crippen LogP contribution >= 0.6 is 0 Å². The van der Waals surface area contributed by atoms with Crippen LogP contribution in [0.25, 0.3) is 0 Å². The second-order valence-electron chi connectivity index (χ2n) is 5.26. The SMILES string of the molecule is CN(CC1CCCO1)c1cc2c(cc1N)OCC(=O)N2. The Morgan fingerprint density at radius 3 is 3.10 bits per heavy atom. The van der Waals surface area contributed by atoms with Crippen LogP contribution in [0.5, 0.6) is 5.75 Å². The summed E-state index contributed by atoms with van der Waals surface area (Å²) in [5, 5.41) is 2.80. The molecule has 1 unspecified atom stereocenters. The Balaban J connectivity index is 1.81. The third-order valence-corrected chi connectivity index (χ3v) is 3.67. The molecule has 1 atom stereocenters. The first-order valence-electron chi connectivity index (χ1n) is 6.82. The number of anilines is 3. The van der Waals surface area contributed by atoms with Gasteiger partial charge in [-0.1, -0.05) is 0 Å². The average molecular weight is 277 g/mol. The van der Waals surface area contributed by atoms with Gasteiger partial charge in [0.2, 0.25) is 0 Å². The second-order valence-corrected chi connectivity index (χ2v) is 5.26. The fourth-order valence-electron chi connectivity index (χ4n) is 2.65. The van der Waals surface area contributed by atoms with Crippen molar-refractivity contribution in [3.63, 3.8) is 0 Å². The number of amides is 1. The monoisotopic (exact) mass is 277 g/mol. The Morgan fingerprint density at radius 1 is 1.50 bits per heavy atom. The van der Waals surface area contributed by atoms with Crippen molar-refractivity contribution in [3.05, 3.63) is 12.1 Å². The smallest absolute Gasteiger partial charge is 0.262 e. The molecule has 3 rings (SSSR count). The number of benzene rings is 1. The van der Waals surface area contributed by atoms with Gasteiger partial charge in [0.15, 0.2) is 6.61 Å². The van der Waals surface area contributed by atoms with E-state index < -0.39 is 0 Å². The van der Waals surface area contributed by atoms with Crippen molar-refractivity contribution < 1.29 is 14.3 Å². The van der Waals surface area contributed by atoms with Crippen molar-refractivity contribution >= 4 is 23.0 Å². The van der Waals surface area contributed by atoms with E-state index in [9.17, 15) is 4.79 Å². The highest BCUT2D eigenvalue weighted by Crippen LogP contribution is 2.36. The van der Waals surface area contributed by atoms with E-state index >= 15 is 0 Å². The Morgan fingerprint density at radius 2 is 2.35 bits per heavy atom. The lowest BCUT2D eigenvalue weighted by Crippen LogP contribution is -2.30. The van der Waals surface area contributed by atoms with Gasteiger partial charge in [-0.2, -0.15) is 0 Å². The predicted molar refractivity (Wildman–Crippen MR) is 77.2 cm³/mol. The van der Waals surface area contributed by atoms with Crippen LogP contribution in [-0.2, 0) is 9.53 Å². The molecule has 6 nitrogen and oxygen atoms in total. The number of fused-ring (bicyclic) bond motifs is 1. The quantitative estimate of drug-likeness (QED) is 0.812. The number of nitrogens with one attached hydrogen (secondary N) is 1. The first-order chi connectivity index (χ1) is 9.63. The lowest BCUT2D eigenvalue weighted by molar-refractivity contribution is -0.118. The topological polar surface area (TPSA) is 76.8 Å². The van der Waals surface area contributed by atoms with Gasteiger partial charge in [-0.05, 0) is 18.9 Å². The third-order valence-electron chi connectivity index (χ3n) is 3.67. The van der Waals surface area contributed by atoms with Crippen LogP contribution < -0.4 is 20.7 Å². The number of hydrogen-bond donors (Lipinski definition) is 2. The molecule has 108 valence electrons. The van der Waals surface area contributed by atoms with Gasteiger partial charge in [-0.25, -0.2) is 0 Å². The second kappa shape index (κ2) is 5.20. The van der Waals surface area contributed by atoms with Crippen molar-refractivity contribution in [3.8, 4) is 5.75 Å². The van der Waals surface area contributed by atoms with Gasteiger partial charge in [-0.15, -0.1) is 0 Å². The summed E-state index contributed by atoms with van der Waals surface area (Å²) in [6, 6.07) is 3.62. The molecule has 0 bridgehead atoms. The normalized spacial score (nSPS) is 21.1. The zero-order valence-corrected chi connectivity index (χ0v) is 11.5. The van der Waals surface area contributed by atoms with E-state index in [2.05, 4.69) is 10.2 Å². The fraction of sp³-hybridized carbons (Fsp3) is 0.500. The molecule has 2 aliphatic heterocycles. The summed E-state index contributed by atoms with van der Waals surface area (Å²) in [5.41, 5.74) is 8.27. The van der Waals surface area contributed by atoms with E-state index in [0.29, 0.717) is 17.1 Å². The van der Waals surface area contributed by atoms with E-state index in [-0.39, 0.29) is 18.6 Å². The van der Waals surface area contributed by atoms with Gasteiger partial charge >= 0.3 is 0 Å². The molecule has 1 amide bonds. The lowest BCUT2D eigenvalue weighted by Gasteiger charge is -2.26. The van der Waals surface area contributed by atoms with Crippen molar-refractivity contribution in [2.75, 3.05) is 42.8 Å². The van der Waals surface area contributed by atoms with Gasteiger partial charge < -0.3 is 25.4 Å². The molecule has 1 fully saturated rings. The maximum absolute atomic E-state index is 11.4. The largest absolute Gasteiger partial charge is 0.482 e. The molecule has 0 aromatic heterocycles. The molecular weight excluding hydrogens is 258 g/mol. The fourth-order valence-corrected chi connectivity index (χ4v) is 2.65. The summed E-state index contributed by atoms with van der Waals surface area (Å²) in [4.78, 5) is 13.4. The predicted octanol–water partition coefficient (Wildman–Crippen LogP) is 1.21. The summed E-state index contributed by atoms with van der Waals surface area (Å²) in [5.74, 6) is 0.478. The molecule has 0 aliphatic carbocycles. The molecule has 2 aliphatic rings. The molecule has 20 heavy (non-hydrogen) atoms. The minimum Gasteiger partial charge on any atom is -0.482 e. The number of ether oxygens (including phenoxy) is 2. The Labute approximate surface area is 117 Å². The highest BCUT2D eigenvalue weighted by Gasteiger charge is 2.22. The standard InChI is InChI=1S/C14H19N3O3/c1-17(7-9-3-2-4-19-9)12-6-11-13(5-10(12)15)20-8-14(18)16-11/h5-6,9H,2-4,7-8,15H2,1H3,(H,16,18). The molecule has 0 spiro atoms. The number of nitrogen functional groups attached to an aromatic ring is 1. The Hall–Kier alpha value is -1.95. The van der Waals surface area contributed by atoms with Crippen LogP contribution in [0.2, 0.25) is 0 Å². The van der Waals surface area contributed by atoms with Crippen LogP contribution in [0.4, 0.5) is 17.1 Å². The van der Waals surface area contributed by atoms with Crippen LogP contribution in [0.1, 0.15) is 12.8 Å². The molecule has 2 heterocycles. The van der Waals surface area contributed by atoms with Crippen LogP contribution in [0.15, 0.2) is 12.1 Å². The van der Waals surface area contributed by atoms with Crippen molar-refractivity contribution in [1.82, 2.24) is 0 Å². The minimum atomic E-state index is -0.144. The van der Waals surface area contributed by atoms with Crippen molar-refractivity contribution in [2.24, 2.45) is 0 Å². The van der Waals surface area contributed by atoms with Crippen LogP contribution in [0.3, 0.4) is 0 Å². The summed E-state index contributed by atoms with van der Waals surface area (Å²) in [7, 11) is 1.98. The number of hydrogen-bond acceptors (Lipinski definition) is 5.